The van der Waals surface area contributed by atoms with E-state index in [0.717, 1.165) is 6.07 Å². The van der Waals surface area contributed by atoms with E-state index in [4.69, 9.17) is 4.74 Å². The van der Waals surface area contributed by atoms with E-state index >= 15 is 0 Å². The van der Waals surface area contributed by atoms with Crippen LogP contribution in [0.2, 0.25) is 0 Å². The topological polar surface area (TPSA) is 130 Å². The molecule has 0 aliphatic heterocycles. The summed E-state index contributed by atoms with van der Waals surface area (Å²) < 4.78 is 5.16. The van der Waals surface area contributed by atoms with Gasteiger partial charge in [-0.2, -0.15) is 0 Å². The van der Waals surface area contributed by atoms with Gasteiger partial charge in [-0.1, -0.05) is 12.1 Å². The molecule has 130 valence electrons. The van der Waals surface area contributed by atoms with Gasteiger partial charge in [0.2, 0.25) is 5.75 Å². The van der Waals surface area contributed by atoms with Gasteiger partial charge in [0.25, 0.3) is 0 Å². The zero-order chi connectivity index (χ0) is 18.6. The van der Waals surface area contributed by atoms with E-state index in [1.165, 1.54) is 36.4 Å². The number of hydrogen-bond donors (Lipinski definition) is 3. The summed E-state index contributed by atoms with van der Waals surface area (Å²) in [5, 5.41) is 39.9. The summed E-state index contributed by atoms with van der Waals surface area (Å²) in [6, 6.07) is 7.96. The molecule has 2 rings (SSSR count). The van der Waals surface area contributed by atoms with Gasteiger partial charge in [0.1, 0.15) is 5.75 Å². The summed E-state index contributed by atoms with van der Waals surface area (Å²) in [5.41, 5.74) is -0.397. The zero-order valence-electron chi connectivity index (χ0n) is 13.2. The van der Waals surface area contributed by atoms with Crippen LogP contribution in [0.1, 0.15) is 18.1 Å². The molecule has 0 saturated carbocycles. The van der Waals surface area contributed by atoms with Crippen molar-refractivity contribution in [1.82, 2.24) is 0 Å². The van der Waals surface area contributed by atoms with Crippen LogP contribution >= 0.6 is 0 Å². The Bertz CT molecular complexity index is 858. The summed E-state index contributed by atoms with van der Waals surface area (Å²) in [6.45, 7) is 1.80. The van der Waals surface area contributed by atoms with Crippen molar-refractivity contribution in [3.8, 4) is 17.2 Å². The second kappa shape index (κ2) is 7.35. The second-order valence-electron chi connectivity index (χ2n) is 4.99. The Morgan fingerprint density at radius 3 is 2.56 bits per heavy atom. The number of nitro benzene ring substituents is 1. The number of benzene rings is 2. The summed E-state index contributed by atoms with van der Waals surface area (Å²) in [6.07, 6.45) is 1.20. The van der Waals surface area contributed by atoms with E-state index in [-0.39, 0.29) is 34.8 Å². The van der Waals surface area contributed by atoms with Crippen LogP contribution in [-0.2, 0) is 4.79 Å². The van der Waals surface area contributed by atoms with Gasteiger partial charge in [-0.15, -0.1) is 0 Å². The highest BCUT2D eigenvalue weighted by molar-refractivity contribution is 6.20. The van der Waals surface area contributed by atoms with E-state index < -0.39 is 22.3 Å². The summed E-state index contributed by atoms with van der Waals surface area (Å²) >= 11 is 0. The van der Waals surface area contributed by atoms with Gasteiger partial charge in [0.05, 0.1) is 17.1 Å². The van der Waals surface area contributed by atoms with Crippen LogP contribution in [0.3, 0.4) is 0 Å². The first kappa shape index (κ1) is 17.8. The summed E-state index contributed by atoms with van der Waals surface area (Å²) in [4.78, 5) is 21.8. The molecule has 0 aliphatic carbocycles. The maximum atomic E-state index is 11.5. The van der Waals surface area contributed by atoms with E-state index in [1.807, 2.05) is 0 Å². The monoisotopic (exact) mass is 345 g/mol. The smallest absolute Gasteiger partial charge is 0.336 e. The third-order valence-electron chi connectivity index (χ3n) is 3.27. The van der Waals surface area contributed by atoms with Gasteiger partial charge in [0.15, 0.2) is 5.75 Å². The Morgan fingerprint density at radius 2 is 2.00 bits per heavy atom. The zero-order valence-corrected chi connectivity index (χ0v) is 13.2. The van der Waals surface area contributed by atoms with Gasteiger partial charge in [-0.25, -0.2) is 4.79 Å². The van der Waals surface area contributed by atoms with Crippen LogP contribution in [0.5, 0.6) is 17.2 Å². The van der Waals surface area contributed by atoms with Gasteiger partial charge < -0.3 is 20.1 Å². The number of nitrogens with zero attached hydrogens (tertiary/aromatic N) is 1. The molecule has 0 saturated heterocycles. The van der Waals surface area contributed by atoms with Crippen molar-refractivity contribution in [2.45, 2.75) is 6.92 Å². The minimum absolute atomic E-state index is 0.114. The number of nitro groups is 1. The average Bonchev–Trinajstić information content (AvgIpc) is 2.54. The first-order valence-electron chi connectivity index (χ1n) is 7.22. The normalized spacial score (nSPS) is 11.2. The highest BCUT2D eigenvalue weighted by Crippen LogP contribution is 2.38. The first-order chi connectivity index (χ1) is 11.8. The number of ether oxygens (including phenoxy) is 1. The molecule has 8 heteroatoms. The Balaban J connectivity index is 2.63. The maximum Gasteiger partial charge on any atom is 0.336 e. The summed E-state index contributed by atoms with van der Waals surface area (Å²) in [5.74, 6) is -2.14. The molecule has 0 radical (unpaired) electrons. The lowest BCUT2D eigenvalue weighted by atomic mass is 10.0. The third kappa shape index (κ3) is 4.05. The number of rotatable bonds is 6. The largest absolute Gasteiger partial charge is 0.508 e. The quantitative estimate of drug-likeness (QED) is 0.317. The number of carboxylic acids is 1. The fourth-order valence-electron chi connectivity index (χ4n) is 2.21. The van der Waals surface area contributed by atoms with E-state index in [0.29, 0.717) is 0 Å². The minimum atomic E-state index is -1.28. The van der Waals surface area contributed by atoms with Crippen molar-refractivity contribution in [3.63, 3.8) is 0 Å². The highest BCUT2D eigenvalue weighted by Gasteiger charge is 2.21. The van der Waals surface area contributed by atoms with Crippen molar-refractivity contribution in [3.05, 3.63) is 57.6 Å². The first-order valence-corrected chi connectivity index (χ1v) is 7.22. The average molecular weight is 345 g/mol. The van der Waals surface area contributed by atoms with E-state index in [9.17, 15) is 30.2 Å². The molecular formula is C17H15NO7. The molecule has 0 amide bonds. The number of carbonyl (C=O) groups is 1. The number of phenolic OH excluding ortho intramolecular Hbond substituents is 2. The molecule has 0 unspecified atom stereocenters. The predicted molar refractivity (Wildman–Crippen MR) is 89.5 cm³/mol. The van der Waals surface area contributed by atoms with Crippen molar-refractivity contribution < 1.29 is 29.8 Å². The van der Waals surface area contributed by atoms with E-state index in [2.05, 4.69) is 0 Å². The molecule has 0 spiro atoms. The standard InChI is InChI=1S/C17H15NO7/c1-2-25-15-8-10(7-14(16(15)20)18(23)24)6-13(17(21)22)11-4-3-5-12(19)9-11/h3-9,19-20H,2H2,1H3,(H,21,22)/b13-6-. The Kier molecular flexibility index (Phi) is 5.23. The molecule has 3 N–H and O–H groups in total. The van der Waals surface area contributed by atoms with Crippen molar-refractivity contribution in [2.75, 3.05) is 6.61 Å². The molecule has 0 heterocycles. The Hall–Kier alpha value is -3.55. The van der Waals surface area contributed by atoms with Crippen molar-refractivity contribution in [2.24, 2.45) is 0 Å². The predicted octanol–water partition coefficient (Wildman–Crippen LogP) is 3.03. The van der Waals surface area contributed by atoms with Crippen LogP contribution in [0.25, 0.3) is 11.6 Å². The fourth-order valence-corrected chi connectivity index (χ4v) is 2.21. The summed E-state index contributed by atoms with van der Waals surface area (Å²) in [7, 11) is 0. The van der Waals surface area contributed by atoms with Gasteiger partial charge in [-0.05, 0) is 42.3 Å². The lowest BCUT2D eigenvalue weighted by Gasteiger charge is -2.09. The lowest BCUT2D eigenvalue weighted by molar-refractivity contribution is -0.386. The van der Waals surface area contributed by atoms with Gasteiger partial charge in [-0.3, -0.25) is 10.1 Å². The Labute approximate surface area is 142 Å². The molecule has 2 aromatic rings. The molecular weight excluding hydrogens is 330 g/mol. The number of hydrogen-bond acceptors (Lipinski definition) is 6. The van der Waals surface area contributed by atoms with Crippen LogP contribution in [0.4, 0.5) is 5.69 Å². The lowest BCUT2D eigenvalue weighted by Crippen LogP contribution is -2.00. The van der Waals surface area contributed by atoms with Crippen LogP contribution < -0.4 is 4.74 Å². The van der Waals surface area contributed by atoms with Gasteiger partial charge >= 0.3 is 11.7 Å². The third-order valence-corrected chi connectivity index (χ3v) is 3.27. The highest BCUT2D eigenvalue weighted by atomic mass is 16.6. The molecule has 0 atom stereocenters. The molecule has 0 fully saturated rings. The van der Waals surface area contributed by atoms with Crippen molar-refractivity contribution >= 4 is 23.3 Å². The fraction of sp³-hybridized carbons (Fsp3) is 0.118. The second-order valence-corrected chi connectivity index (χ2v) is 4.99. The molecule has 25 heavy (non-hydrogen) atoms. The molecule has 0 bridgehead atoms. The molecule has 0 aromatic heterocycles. The number of carboxylic acid groups (broad SMARTS) is 1. The SMILES string of the molecule is CCOc1cc(/C=C(\C(=O)O)c2cccc(O)c2)cc([N+](=O)[O-])c1O. The number of aromatic hydroxyl groups is 2. The number of phenols is 2. The van der Waals surface area contributed by atoms with Crippen LogP contribution in [0, 0.1) is 10.1 Å². The molecule has 2 aromatic carbocycles. The minimum Gasteiger partial charge on any atom is -0.508 e. The number of aliphatic carboxylic acids is 1. The van der Waals surface area contributed by atoms with Gasteiger partial charge in [0, 0.05) is 6.07 Å². The van der Waals surface area contributed by atoms with Crippen LogP contribution in [-0.4, -0.2) is 32.8 Å². The molecule has 8 nitrogen and oxygen atoms in total. The van der Waals surface area contributed by atoms with E-state index in [1.54, 1.807) is 6.92 Å². The maximum absolute atomic E-state index is 11.5. The Morgan fingerprint density at radius 1 is 1.28 bits per heavy atom. The van der Waals surface area contributed by atoms with Crippen molar-refractivity contribution in [1.29, 1.82) is 0 Å². The van der Waals surface area contributed by atoms with Crippen LogP contribution in [0.15, 0.2) is 36.4 Å². The molecule has 0 aliphatic rings.